The molecule has 0 N–H and O–H groups in total. The van der Waals surface area contributed by atoms with Crippen molar-refractivity contribution < 1.29 is 8.42 Å². The van der Waals surface area contributed by atoms with Crippen molar-refractivity contribution in [3.05, 3.63) is 36.7 Å². The highest BCUT2D eigenvalue weighted by Gasteiger charge is 2.18. The van der Waals surface area contributed by atoms with Crippen molar-refractivity contribution in [1.29, 1.82) is 0 Å². The van der Waals surface area contributed by atoms with Crippen LogP contribution in [-0.4, -0.2) is 23.2 Å². The first kappa shape index (κ1) is 10.1. The second-order valence-corrected chi connectivity index (χ2v) is 5.22. The average molecular weight is 244 g/mol. The average Bonchev–Trinajstić information content (AvgIpc) is 2.67. The Morgan fingerprint density at radius 3 is 2.47 bits per heavy atom. The van der Waals surface area contributed by atoms with Crippen molar-refractivity contribution in [3.8, 4) is 5.69 Å². The number of hydrogen-bond acceptors (Lipinski definition) is 4. The summed E-state index contributed by atoms with van der Waals surface area (Å²) >= 11 is 0. The lowest BCUT2D eigenvalue weighted by atomic mass is 10.3. The van der Waals surface area contributed by atoms with E-state index in [4.69, 9.17) is 10.7 Å². The summed E-state index contributed by atoms with van der Waals surface area (Å²) in [6.07, 6.45) is 1.30. The summed E-state index contributed by atoms with van der Waals surface area (Å²) in [6, 6.07) is 8.84. The van der Waals surface area contributed by atoms with Gasteiger partial charge in [-0.1, -0.05) is 18.2 Å². The normalized spacial score (nSPS) is 11.5. The fourth-order valence-corrected chi connectivity index (χ4v) is 2.00. The Balaban J connectivity index is 2.61. The van der Waals surface area contributed by atoms with E-state index in [0.29, 0.717) is 5.69 Å². The Kier molecular flexibility index (Phi) is 2.45. The number of hydrogen-bond donors (Lipinski definition) is 0. The minimum atomic E-state index is -3.88. The lowest BCUT2D eigenvalue weighted by Gasteiger charge is -2.02. The molecule has 1 aromatic carbocycles. The first-order valence-corrected chi connectivity index (χ1v) is 6.30. The highest BCUT2D eigenvalue weighted by molar-refractivity contribution is 8.13. The molecule has 2 aromatic rings. The van der Waals surface area contributed by atoms with Crippen molar-refractivity contribution in [3.63, 3.8) is 0 Å². The zero-order chi connectivity index (χ0) is 10.9. The van der Waals surface area contributed by atoms with Crippen molar-refractivity contribution in [2.75, 3.05) is 0 Å². The summed E-state index contributed by atoms with van der Waals surface area (Å²) in [5.41, 5.74) is 0.640. The third-order valence-corrected chi connectivity index (χ3v) is 2.90. The van der Waals surface area contributed by atoms with Gasteiger partial charge in [0.15, 0.2) is 0 Å². The third-order valence-electron chi connectivity index (χ3n) is 1.77. The van der Waals surface area contributed by atoms with E-state index in [1.54, 1.807) is 24.3 Å². The van der Waals surface area contributed by atoms with Gasteiger partial charge in [-0.15, -0.1) is 10.2 Å². The van der Waals surface area contributed by atoms with Crippen LogP contribution in [0.1, 0.15) is 0 Å². The molecule has 0 spiro atoms. The highest BCUT2D eigenvalue weighted by atomic mass is 35.7. The molecule has 0 saturated carbocycles. The Bertz CT molecular complexity index is 565. The number of para-hydroxylation sites is 1. The van der Waals surface area contributed by atoms with Crippen LogP contribution < -0.4 is 0 Å². The molecule has 0 atom stereocenters. The van der Waals surface area contributed by atoms with Crippen LogP contribution in [0.3, 0.4) is 0 Å². The molecule has 0 saturated heterocycles. The van der Waals surface area contributed by atoms with Gasteiger partial charge in [0.1, 0.15) is 6.33 Å². The molecular weight excluding hydrogens is 238 g/mol. The molecule has 0 bridgehead atoms. The first-order chi connectivity index (χ1) is 7.09. The van der Waals surface area contributed by atoms with Crippen LogP contribution in [0.25, 0.3) is 5.69 Å². The third kappa shape index (κ3) is 2.00. The maximum Gasteiger partial charge on any atom is 0.297 e. The van der Waals surface area contributed by atoms with E-state index in [2.05, 4.69) is 10.2 Å². The molecule has 0 amide bonds. The monoisotopic (exact) mass is 243 g/mol. The van der Waals surface area contributed by atoms with Crippen LogP contribution in [0.4, 0.5) is 0 Å². The highest BCUT2D eigenvalue weighted by Crippen LogP contribution is 2.16. The summed E-state index contributed by atoms with van der Waals surface area (Å²) in [6.45, 7) is 0. The van der Waals surface area contributed by atoms with E-state index in [-0.39, 0.29) is 5.16 Å². The lowest BCUT2D eigenvalue weighted by Crippen LogP contribution is -2.03. The number of rotatable bonds is 2. The van der Waals surface area contributed by atoms with E-state index >= 15 is 0 Å². The molecule has 0 radical (unpaired) electrons. The van der Waals surface area contributed by atoms with E-state index < -0.39 is 9.05 Å². The van der Waals surface area contributed by atoms with Crippen molar-refractivity contribution in [2.24, 2.45) is 0 Å². The van der Waals surface area contributed by atoms with Crippen LogP contribution in [0.15, 0.2) is 41.8 Å². The predicted molar refractivity (Wildman–Crippen MR) is 54.4 cm³/mol. The number of nitrogens with zero attached hydrogens (tertiary/aromatic N) is 3. The zero-order valence-electron chi connectivity index (χ0n) is 7.41. The van der Waals surface area contributed by atoms with Crippen LogP contribution in [0.5, 0.6) is 0 Å². The maximum atomic E-state index is 11.1. The molecular formula is C8H6ClN3O2S. The van der Waals surface area contributed by atoms with Crippen molar-refractivity contribution in [1.82, 2.24) is 14.8 Å². The van der Waals surface area contributed by atoms with Gasteiger partial charge in [-0.2, -0.15) is 0 Å². The maximum absolute atomic E-state index is 11.1. The summed E-state index contributed by atoms with van der Waals surface area (Å²) in [7, 11) is 1.33. The second kappa shape index (κ2) is 3.63. The Hall–Kier alpha value is -1.40. The topological polar surface area (TPSA) is 64.8 Å². The van der Waals surface area contributed by atoms with Crippen LogP contribution in [-0.2, 0) is 9.05 Å². The molecule has 7 heteroatoms. The standard InChI is InChI=1S/C8H6ClN3O2S/c9-15(13,14)8-11-10-6-12(8)7-4-2-1-3-5-7/h1-6H. The van der Waals surface area contributed by atoms with Gasteiger partial charge < -0.3 is 0 Å². The lowest BCUT2D eigenvalue weighted by molar-refractivity contribution is 0.597. The van der Waals surface area contributed by atoms with Gasteiger partial charge >= 0.3 is 0 Å². The number of halogens is 1. The predicted octanol–water partition coefficient (Wildman–Crippen LogP) is 1.19. The molecule has 0 aliphatic heterocycles. The number of benzene rings is 1. The molecule has 0 unspecified atom stereocenters. The second-order valence-electron chi connectivity index (χ2n) is 2.76. The minimum absolute atomic E-state index is 0.282. The van der Waals surface area contributed by atoms with Crippen LogP contribution in [0.2, 0.25) is 0 Å². The summed E-state index contributed by atoms with van der Waals surface area (Å²) < 4.78 is 23.6. The fourth-order valence-electron chi connectivity index (χ4n) is 1.16. The van der Waals surface area contributed by atoms with E-state index in [1.807, 2.05) is 6.07 Å². The van der Waals surface area contributed by atoms with E-state index in [0.717, 1.165) is 0 Å². The summed E-state index contributed by atoms with van der Waals surface area (Å²) in [5.74, 6) is 0. The molecule has 2 rings (SSSR count). The Labute approximate surface area is 90.7 Å². The minimum Gasteiger partial charge on any atom is -0.271 e. The zero-order valence-corrected chi connectivity index (χ0v) is 8.98. The molecule has 1 aromatic heterocycles. The SMILES string of the molecule is O=S(=O)(Cl)c1nncn1-c1ccccc1. The quantitative estimate of drug-likeness (QED) is 0.744. The van der Waals surface area contributed by atoms with Gasteiger partial charge in [-0.3, -0.25) is 4.57 Å². The first-order valence-electron chi connectivity index (χ1n) is 3.99. The molecule has 1 heterocycles. The number of aromatic nitrogens is 3. The Morgan fingerprint density at radius 1 is 1.20 bits per heavy atom. The molecule has 5 nitrogen and oxygen atoms in total. The summed E-state index contributed by atoms with van der Waals surface area (Å²) in [5, 5.41) is 6.69. The van der Waals surface area contributed by atoms with Crippen LogP contribution in [0, 0.1) is 0 Å². The van der Waals surface area contributed by atoms with Gasteiger partial charge in [0, 0.05) is 16.4 Å². The van der Waals surface area contributed by atoms with Gasteiger partial charge in [-0.25, -0.2) is 8.42 Å². The van der Waals surface area contributed by atoms with Crippen molar-refractivity contribution >= 4 is 19.7 Å². The van der Waals surface area contributed by atoms with E-state index in [9.17, 15) is 8.42 Å². The van der Waals surface area contributed by atoms with E-state index in [1.165, 1.54) is 10.9 Å². The molecule has 78 valence electrons. The fraction of sp³-hybridized carbons (Fsp3) is 0. The largest absolute Gasteiger partial charge is 0.297 e. The molecule has 15 heavy (non-hydrogen) atoms. The van der Waals surface area contributed by atoms with Crippen molar-refractivity contribution in [2.45, 2.75) is 5.16 Å². The van der Waals surface area contributed by atoms with Crippen LogP contribution >= 0.6 is 10.7 Å². The molecule has 0 fully saturated rings. The van der Waals surface area contributed by atoms with Gasteiger partial charge in [-0.05, 0) is 12.1 Å². The van der Waals surface area contributed by atoms with Gasteiger partial charge in [0.25, 0.3) is 14.2 Å². The summed E-state index contributed by atoms with van der Waals surface area (Å²) in [4.78, 5) is 0. The molecule has 0 aliphatic carbocycles. The van der Waals surface area contributed by atoms with Gasteiger partial charge in [0.05, 0.1) is 0 Å². The van der Waals surface area contributed by atoms with Gasteiger partial charge in [0.2, 0.25) is 0 Å². The Morgan fingerprint density at radius 2 is 1.87 bits per heavy atom. The molecule has 0 aliphatic rings. The smallest absolute Gasteiger partial charge is 0.271 e.